The van der Waals surface area contributed by atoms with Crippen LogP contribution in [0.1, 0.15) is 65.7 Å². The molecule has 1 saturated heterocycles. The number of aliphatic imine (C=N–C) groups is 1. The molecule has 0 spiro atoms. The largest absolute Gasteiger partial charge is 0.389 e. The van der Waals surface area contributed by atoms with Crippen molar-refractivity contribution in [2.24, 2.45) is 16.8 Å². The number of amidine groups is 1. The van der Waals surface area contributed by atoms with Crippen molar-refractivity contribution in [3.05, 3.63) is 47.7 Å². The fourth-order valence-electron chi connectivity index (χ4n) is 4.08. The fraction of sp³-hybridized carbons (Fsp3) is 0.625. The third-order valence-electron chi connectivity index (χ3n) is 5.70. The molecule has 1 saturated carbocycles. The number of nitrogens with one attached hydrogen (secondary N) is 3. The lowest BCUT2D eigenvalue weighted by atomic mass is 10.0. The van der Waals surface area contributed by atoms with Crippen LogP contribution in [0.25, 0.3) is 0 Å². The van der Waals surface area contributed by atoms with E-state index in [-0.39, 0.29) is 0 Å². The van der Waals surface area contributed by atoms with Crippen molar-refractivity contribution >= 4 is 17.6 Å². The van der Waals surface area contributed by atoms with Gasteiger partial charge in [0.05, 0.1) is 0 Å². The van der Waals surface area contributed by atoms with Gasteiger partial charge in [0.15, 0.2) is 0 Å². The smallest absolute Gasteiger partial charge is 0.139 e. The summed E-state index contributed by atoms with van der Waals surface area (Å²) >= 11 is 1.97. The summed E-state index contributed by atoms with van der Waals surface area (Å²) in [6, 6.07) is 0.530. The Morgan fingerprint density at radius 1 is 1.28 bits per heavy atom. The number of fused-ring (bicyclic) bond motifs is 1. The van der Waals surface area contributed by atoms with Crippen molar-refractivity contribution < 1.29 is 0 Å². The Bertz CT molecular complexity index is 633. The number of hydrogen-bond acceptors (Lipinski definition) is 4. The van der Waals surface area contributed by atoms with E-state index in [1.165, 1.54) is 47.6 Å². The zero-order chi connectivity index (χ0) is 21.1. The van der Waals surface area contributed by atoms with Crippen LogP contribution in [0.3, 0.4) is 0 Å². The summed E-state index contributed by atoms with van der Waals surface area (Å²) in [7, 11) is 0. The second-order valence-electron chi connectivity index (χ2n) is 8.32. The Kier molecular flexibility index (Phi) is 10.6. The number of hydrogen-bond donors (Lipinski definition) is 3. The van der Waals surface area contributed by atoms with Crippen molar-refractivity contribution in [1.29, 1.82) is 0 Å². The Labute approximate surface area is 182 Å². The number of nitrogens with zero attached hydrogens (tertiary/aromatic N) is 1. The summed E-state index contributed by atoms with van der Waals surface area (Å²) in [5.74, 6) is 3.80. The fourth-order valence-corrected chi connectivity index (χ4v) is 5.24. The lowest BCUT2D eigenvalue weighted by Gasteiger charge is -2.16. The molecule has 162 valence electrons. The van der Waals surface area contributed by atoms with Crippen molar-refractivity contribution in [1.82, 2.24) is 16.2 Å². The predicted molar refractivity (Wildman–Crippen MR) is 130 cm³/mol. The van der Waals surface area contributed by atoms with Crippen LogP contribution in [-0.4, -0.2) is 24.2 Å². The van der Waals surface area contributed by atoms with Crippen LogP contribution in [-0.2, 0) is 0 Å². The minimum Gasteiger partial charge on any atom is -0.389 e. The Hall–Kier alpha value is -1.46. The molecule has 0 aromatic carbocycles. The molecule has 2 fully saturated rings. The first-order valence-corrected chi connectivity index (χ1v) is 12.2. The molecule has 3 aliphatic rings. The van der Waals surface area contributed by atoms with E-state index in [1.54, 1.807) is 6.20 Å². The number of thioether (sulfide) groups is 1. The van der Waals surface area contributed by atoms with Gasteiger partial charge in [0, 0.05) is 28.9 Å². The van der Waals surface area contributed by atoms with E-state index in [0.29, 0.717) is 6.04 Å². The molecule has 29 heavy (non-hydrogen) atoms. The Balaban J connectivity index is 0.000000438. The molecule has 4 nitrogen and oxygen atoms in total. The molecular weight excluding hydrogens is 376 g/mol. The van der Waals surface area contributed by atoms with Gasteiger partial charge in [-0.1, -0.05) is 39.0 Å². The van der Waals surface area contributed by atoms with Gasteiger partial charge in [0.25, 0.3) is 0 Å². The van der Waals surface area contributed by atoms with Crippen molar-refractivity contribution in [2.45, 2.75) is 71.8 Å². The summed E-state index contributed by atoms with van der Waals surface area (Å²) in [5, 5.41) is 2.97. The lowest BCUT2D eigenvalue weighted by Crippen LogP contribution is -2.39. The van der Waals surface area contributed by atoms with Crippen LogP contribution < -0.4 is 16.2 Å². The van der Waals surface area contributed by atoms with Crippen LogP contribution in [0.2, 0.25) is 0 Å². The molecule has 2 atom stereocenters. The molecule has 1 aliphatic heterocycles. The van der Waals surface area contributed by atoms with Crippen LogP contribution in [0.5, 0.6) is 0 Å². The van der Waals surface area contributed by atoms with E-state index in [4.69, 9.17) is 4.99 Å². The van der Waals surface area contributed by atoms with Crippen LogP contribution in [0.4, 0.5) is 0 Å². The first-order chi connectivity index (χ1) is 14.1. The highest BCUT2D eigenvalue weighted by atomic mass is 32.2. The molecule has 2 unspecified atom stereocenters. The summed E-state index contributed by atoms with van der Waals surface area (Å²) in [6.45, 7) is 14.9. The van der Waals surface area contributed by atoms with Gasteiger partial charge in [-0.05, 0) is 75.6 Å². The quantitative estimate of drug-likeness (QED) is 0.270. The van der Waals surface area contributed by atoms with Crippen molar-refractivity contribution in [3.63, 3.8) is 0 Å². The molecule has 0 radical (unpaired) electrons. The van der Waals surface area contributed by atoms with E-state index in [2.05, 4.69) is 56.2 Å². The first-order valence-electron chi connectivity index (χ1n) is 11.2. The maximum Gasteiger partial charge on any atom is 0.139 e. The predicted octanol–water partition coefficient (Wildman–Crippen LogP) is 5.69. The van der Waals surface area contributed by atoms with Crippen LogP contribution in [0.15, 0.2) is 52.7 Å². The number of hydrazine groups is 1. The van der Waals surface area contributed by atoms with Crippen LogP contribution in [0, 0.1) is 11.8 Å². The summed E-state index contributed by atoms with van der Waals surface area (Å²) in [6.07, 6.45) is 14.7. The highest BCUT2D eigenvalue weighted by molar-refractivity contribution is 8.03. The molecule has 0 aromatic heterocycles. The molecule has 3 N–H and O–H groups in total. The molecule has 2 aliphatic carbocycles. The summed E-state index contributed by atoms with van der Waals surface area (Å²) in [5.41, 5.74) is 9.37. The maximum absolute atomic E-state index is 4.84. The molecular formula is C24H40N4S. The highest BCUT2D eigenvalue weighted by Crippen LogP contribution is 2.42. The van der Waals surface area contributed by atoms with E-state index in [1.807, 2.05) is 17.8 Å². The third kappa shape index (κ3) is 8.06. The van der Waals surface area contributed by atoms with E-state index in [0.717, 1.165) is 43.5 Å². The van der Waals surface area contributed by atoms with Gasteiger partial charge in [-0.2, -0.15) is 0 Å². The van der Waals surface area contributed by atoms with Crippen molar-refractivity contribution in [3.8, 4) is 0 Å². The normalized spacial score (nSPS) is 23.9. The second kappa shape index (κ2) is 13.0. The Morgan fingerprint density at radius 2 is 2.07 bits per heavy atom. The van der Waals surface area contributed by atoms with Gasteiger partial charge in [-0.15, -0.1) is 11.8 Å². The first kappa shape index (κ1) is 23.8. The molecule has 0 aromatic rings. The number of rotatable bonds is 8. The molecule has 5 heteroatoms. The maximum atomic E-state index is 4.84. The van der Waals surface area contributed by atoms with E-state index < -0.39 is 0 Å². The molecule has 0 bridgehead atoms. The van der Waals surface area contributed by atoms with Gasteiger partial charge in [-0.3, -0.25) is 0 Å². The average Bonchev–Trinajstić information content (AvgIpc) is 3.37. The molecule has 0 amide bonds. The van der Waals surface area contributed by atoms with Crippen LogP contribution >= 0.6 is 11.8 Å². The second-order valence-corrected chi connectivity index (χ2v) is 9.45. The minimum atomic E-state index is 0.530. The zero-order valence-electron chi connectivity index (χ0n) is 18.6. The Morgan fingerprint density at radius 3 is 2.69 bits per heavy atom. The summed E-state index contributed by atoms with van der Waals surface area (Å²) < 4.78 is 0. The van der Waals surface area contributed by atoms with Crippen molar-refractivity contribution in [2.75, 3.05) is 12.3 Å². The monoisotopic (exact) mass is 416 g/mol. The average molecular weight is 417 g/mol. The minimum absolute atomic E-state index is 0.530. The third-order valence-corrected chi connectivity index (χ3v) is 6.83. The van der Waals surface area contributed by atoms with E-state index >= 15 is 0 Å². The topological polar surface area (TPSA) is 48.5 Å². The lowest BCUT2D eigenvalue weighted by molar-refractivity contribution is 0.444. The molecule has 1 heterocycles. The zero-order valence-corrected chi connectivity index (χ0v) is 19.4. The SMILES string of the molecule is C=CC(=NC1=C2CCSC2=CCC1)NNCC1CCC(CC)C1.C=CNC(C)C. The van der Waals surface area contributed by atoms with Gasteiger partial charge in [-0.25, -0.2) is 10.4 Å². The number of allylic oxidation sites excluding steroid dienone is 3. The standard InChI is InChI=1S/C19H29N3S.C5H11N/c1-3-14-8-9-15(12-14)13-20-22-19(4-2)21-17-6-5-7-18-16(17)10-11-23-18;1-4-6-5(2)3/h4,7,14-15,20H,2-3,5-6,8-13H2,1H3,(H,21,22);4-6H,1H2,2-3H3. The summed E-state index contributed by atoms with van der Waals surface area (Å²) in [4.78, 5) is 6.30. The van der Waals surface area contributed by atoms with Gasteiger partial charge in [0.1, 0.15) is 5.84 Å². The highest BCUT2D eigenvalue weighted by Gasteiger charge is 2.23. The molecule has 3 rings (SSSR count). The van der Waals surface area contributed by atoms with Gasteiger partial charge >= 0.3 is 0 Å². The van der Waals surface area contributed by atoms with Gasteiger partial charge in [0.2, 0.25) is 0 Å². The van der Waals surface area contributed by atoms with E-state index in [9.17, 15) is 0 Å². The van der Waals surface area contributed by atoms with Gasteiger partial charge < -0.3 is 10.7 Å².